The molecular weight excluding hydrogens is 523 g/mol. The molecule has 1 aliphatic carbocycles. The van der Waals surface area contributed by atoms with Gasteiger partial charge in [0.1, 0.15) is 16.5 Å². The Morgan fingerprint density at radius 3 is 2.65 bits per heavy atom. The van der Waals surface area contributed by atoms with E-state index in [1.165, 1.54) is 17.7 Å². The van der Waals surface area contributed by atoms with Gasteiger partial charge in [-0.25, -0.2) is 4.99 Å². The summed E-state index contributed by atoms with van der Waals surface area (Å²) < 4.78 is 6.01. The Morgan fingerprint density at radius 1 is 1.03 bits per heavy atom. The van der Waals surface area contributed by atoms with Gasteiger partial charge in [0.25, 0.3) is 5.91 Å². The standard InChI is InChI=1S/C30H28Cl2N2O2S/c1-18-8-7-10-25(19(18)2)34-29(35)28-23-9-5-3-4-6-11-27(23)37-30(28)33-17-21-13-15-26(36-21)22-14-12-20(31)16-24(22)32/h7-8,10,12-17H,3-6,9,11H2,1-2H3,(H,34,35). The number of benzene rings is 2. The van der Waals surface area contributed by atoms with Gasteiger partial charge in [0.05, 0.1) is 16.8 Å². The minimum atomic E-state index is -0.105. The van der Waals surface area contributed by atoms with Crippen LogP contribution in [0.15, 0.2) is 57.9 Å². The zero-order valence-corrected chi connectivity index (χ0v) is 23.2. The molecule has 2 aromatic carbocycles. The number of fused-ring (bicyclic) bond motifs is 1. The number of aryl methyl sites for hydroxylation is 2. The normalized spacial score (nSPS) is 13.8. The fraction of sp³-hybridized carbons (Fsp3) is 0.267. The Morgan fingerprint density at radius 2 is 1.84 bits per heavy atom. The first-order valence-electron chi connectivity index (χ1n) is 12.5. The van der Waals surface area contributed by atoms with E-state index in [1.807, 2.05) is 37.3 Å². The smallest absolute Gasteiger partial charge is 0.259 e. The molecule has 0 radical (unpaired) electrons. The largest absolute Gasteiger partial charge is 0.455 e. The molecule has 7 heteroatoms. The predicted octanol–water partition coefficient (Wildman–Crippen LogP) is 9.59. The van der Waals surface area contributed by atoms with Crippen LogP contribution in [0, 0.1) is 13.8 Å². The summed E-state index contributed by atoms with van der Waals surface area (Å²) in [7, 11) is 0. The highest BCUT2D eigenvalue weighted by molar-refractivity contribution is 7.16. The summed E-state index contributed by atoms with van der Waals surface area (Å²) >= 11 is 14.0. The molecule has 37 heavy (non-hydrogen) atoms. The fourth-order valence-electron chi connectivity index (χ4n) is 4.68. The van der Waals surface area contributed by atoms with E-state index in [-0.39, 0.29) is 5.91 Å². The molecule has 0 unspecified atom stereocenters. The second-order valence-electron chi connectivity index (χ2n) is 9.38. The molecule has 4 nitrogen and oxygen atoms in total. The maximum absolute atomic E-state index is 13.7. The fourth-order valence-corrected chi connectivity index (χ4v) is 6.41. The number of hydrogen-bond acceptors (Lipinski definition) is 4. The van der Waals surface area contributed by atoms with Crippen LogP contribution in [0.5, 0.6) is 0 Å². The van der Waals surface area contributed by atoms with E-state index in [2.05, 4.69) is 18.3 Å². The third kappa shape index (κ3) is 5.69. The molecule has 0 saturated carbocycles. The topological polar surface area (TPSA) is 54.6 Å². The zero-order valence-electron chi connectivity index (χ0n) is 20.9. The lowest BCUT2D eigenvalue weighted by Gasteiger charge is -2.13. The average molecular weight is 552 g/mol. The molecule has 4 aromatic rings. The number of rotatable bonds is 5. The monoisotopic (exact) mass is 550 g/mol. The highest BCUT2D eigenvalue weighted by atomic mass is 35.5. The quantitative estimate of drug-likeness (QED) is 0.251. The molecule has 2 aromatic heterocycles. The molecule has 1 amide bonds. The van der Waals surface area contributed by atoms with Crippen molar-refractivity contribution in [3.63, 3.8) is 0 Å². The molecule has 0 aliphatic heterocycles. The maximum Gasteiger partial charge on any atom is 0.259 e. The molecule has 2 heterocycles. The van der Waals surface area contributed by atoms with E-state index in [0.29, 0.717) is 27.1 Å². The van der Waals surface area contributed by atoms with Gasteiger partial charge in [-0.05, 0) is 92.6 Å². The van der Waals surface area contributed by atoms with Crippen molar-refractivity contribution in [1.82, 2.24) is 0 Å². The van der Waals surface area contributed by atoms with Crippen LogP contribution >= 0.6 is 34.5 Å². The number of amides is 1. The number of furan rings is 1. The van der Waals surface area contributed by atoms with E-state index >= 15 is 0 Å². The summed E-state index contributed by atoms with van der Waals surface area (Å²) in [6.45, 7) is 4.08. The average Bonchev–Trinajstić information content (AvgIpc) is 3.45. The molecule has 0 fully saturated rings. The zero-order chi connectivity index (χ0) is 25.9. The number of halogens is 2. The summed E-state index contributed by atoms with van der Waals surface area (Å²) in [6, 6.07) is 15.0. The summed E-state index contributed by atoms with van der Waals surface area (Å²) in [5.41, 5.74) is 5.65. The van der Waals surface area contributed by atoms with Crippen LogP contribution in [0.25, 0.3) is 11.3 Å². The van der Waals surface area contributed by atoms with Crippen LogP contribution in [0.1, 0.15) is 63.4 Å². The number of aliphatic imine (C=N–C) groups is 1. The van der Waals surface area contributed by atoms with Crippen molar-refractivity contribution >= 4 is 57.3 Å². The first kappa shape index (κ1) is 25.8. The van der Waals surface area contributed by atoms with Gasteiger partial charge in [0.2, 0.25) is 0 Å². The Kier molecular flexibility index (Phi) is 7.84. The van der Waals surface area contributed by atoms with Crippen molar-refractivity contribution in [2.24, 2.45) is 4.99 Å². The Labute approximate surface area is 231 Å². The van der Waals surface area contributed by atoms with E-state index < -0.39 is 0 Å². The number of carbonyl (C=O) groups excluding carboxylic acids is 1. The third-order valence-corrected chi connectivity index (χ3v) is 8.61. The lowest BCUT2D eigenvalue weighted by Crippen LogP contribution is -2.15. The van der Waals surface area contributed by atoms with Gasteiger partial charge >= 0.3 is 0 Å². The highest BCUT2D eigenvalue weighted by Crippen LogP contribution is 2.40. The van der Waals surface area contributed by atoms with Crippen molar-refractivity contribution in [3.8, 4) is 11.3 Å². The molecule has 1 N–H and O–H groups in total. The summed E-state index contributed by atoms with van der Waals surface area (Å²) in [4.78, 5) is 19.7. The van der Waals surface area contributed by atoms with E-state index in [1.54, 1.807) is 29.7 Å². The second-order valence-corrected chi connectivity index (χ2v) is 11.3. The van der Waals surface area contributed by atoms with Crippen molar-refractivity contribution in [2.45, 2.75) is 52.4 Å². The molecular formula is C30H28Cl2N2O2S. The molecule has 1 aliphatic rings. The van der Waals surface area contributed by atoms with Gasteiger partial charge in [-0.2, -0.15) is 0 Å². The summed E-state index contributed by atoms with van der Waals surface area (Å²) in [5.74, 6) is 1.11. The SMILES string of the molecule is Cc1cccc(NC(=O)c2c(N=Cc3ccc(-c4ccc(Cl)cc4Cl)o3)sc3c2CCCCCC3)c1C. The first-order chi connectivity index (χ1) is 17.9. The van der Waals surface area contributed by atoms with Crippen molar-refractivity contribution in [3.05, 3.63) is 91.5 Å². The lowest BCUT2D eigenvalue weighted by atomic mass is 9.96. The Bertz CT molecular complexity index is 1480. The van der Waals surface area contributed by atoms with Gasteiger partial charge in [-0.15, -0.1) is 11.3 Å². The van der Waals surface area contributed by atoms with Crippen molar-refractivity contribution < 1.29 is 9.21 Å². The van der Waals surface area contributed by atoms with Gasteiger partial charge in [-0.1, -0.05) is 48.2 Å². The molecule has 190 valence electrons. The summed E-state index contributed by atoms with van der Waals surface area (Å²) in [6.07, 6.45) is 8.20. The second kappa shape index (κ2) is 11.3. The van der Waals surface area contributed by atoms with Crippen LogP contribution in [0.2, 0.25) is 10.0 Å². The van der Waals surface area contributed by atoms with Gasteiger partial charge in [0, 0.05) is 21.2 Å². The van der Waals surface area contributed by atoms with Crippen LogP contribution < -0.4 is 5.32 Å². The van der Waals surface area contributed by atoms with Crippen molar-refractivity contribution in [2.75, 3.05) is 5.32 Å². The van der Waals surface area contributed by atoms with E-state index in [0.717, 1.165) is 58.6 Å². The molecule has 5 rings (SSSR count). The Hall–Kier alpha value is -2.86. The number of nitrogens with zero attached hydrogens (tertiary/aromatic N) is 1. The number of nitrogens with one attached hydrogen (secondary N) is 1. The summed E-state index contributed by atoms with van der Waals surface area (Å²) in [5, 5.41) is 4.97. The van der Waals surface area contributed by atoms with Gasteiger partial charge in [-0.3, -0.25) is 4.79 Å². The highest BCUT2D eigenvalue weighted by Gasteiger charge is 2.24. The lowest BCUT2D eigenvalue weighted by molar-refractivity contribution is 0.102. The molecule has 0 bridgehead atoms. The third-order valence-electron chi connectivity index (χ3n) is 6.87. The number of hydrogen-bond donors (Lipinski definition) is 1. The molecule has 0 atom stereocenters. The van der Waals surface area contributed by atoms with Crippen LogP contribution in [-0.2, 0) is 12.8 Å². The van der Waals surface area contributed by atoms with Gasteiger partial charge in [0.15, 0.2) is 0 Å². The number of thiophene rings is 1. The number of anilines is 1. The Balaban J connectivity index is 1.48. The van der Waals surface area contributed by atoms with E-state index in [9.17, 15) is 4.79 Å². The number of carbonyl (C=O) groups is 1. The van der Waals surface area contributed by atoms with Crippen molar-refractivity contribution in [1.29, 1.82) is 0 Å². The minimum Gasteiger partial charge on any atom is -0.455 e. The molecule has 0 spiro atoms. The first-order valence-corrected chi connectivity index (χ1v) is 14.1. The minimum absolute atomic E-state index is 0.105. The van der Waals surface area contributed by atoms with Crippen LogP contribution in [0.3, 0.4) is 0 Å². The molecule has 0 saturated heterocycles. The van der Waals surface area contributed by atoms with Crippen LogP contribution in [-0.4, -0.2) is 12.1 Å². The predicted molar refractivity (Wildman–Crippen MR) is 155 cm³/mol. The maximum atomic E-state index is 13.7. The van der Waals surface area contributed by atoms with E-state index in [4.69, 9.17) is 32.6 Å². The van der Waals surface area contributed by atoms with Crippen LogP contribution in [0.4, 0.5) is 10.7 Å². The van der Waals surface area contributed by atoms with Gasteiger partial charge < -0.3 is 9.73 Å².